The number of nitrogens with one attached hydrogen (secondary N) is 1. The number of aryl methyl sites for hydroxylation is 1. The van der Waals surface area contributed by atoms with Crippen LogP contribution in [0.3, 0.4) is 0 Å². The van der Waals surface area contributed by atoms with Crippen LogP contribution in [0.1, 0.15) is 10.7 Å². The molecule has 0 radical (unpaired) electrons. The third-order valence-corrected chi connectivity index (χ3v) is 3.01. The van der Waals surface area contributed by atoms with Gasteiger partial charge in [-0.25, -0.2) is 4.98 Å². The highest BCUT2D eigenvalue weighted by Crippen LogP contribution is 2.20. The molecule has 2 aromatic rings. The Kier molecular flexibility index (Phi) is 3.54. The largest absolute Gasteiger partial charge is 0.277 e. The van der Waals surface area contributed by atoms with Gasteiger partial charge in [0.15, 0.2) is 0 Å². The van der Waals surface area contributed by atoms with Crippen LogP contribution in [-0.4, -0.2) is 11.2 Å². The van der Waals surface area contributed by atoms with Crippen molar-refractivity contribution in [2.75, 3.05) is 5.43 Å². The fraction of sp³-hybridized carbons (Fsp3) is 0.0909. The smallest absolute Gasteiger partial charge is 0.0942 e. The van der Waals surface area contributed by atoms with E-state index in [4.69, 9.17) is 11.6 Å². The molecule has 1 heterocycles. The van der Waals surface area contributed by atoms with E-state index in [1.54, 1.807) is 17.6 Å². The molecule has 16 heavy (non-hydrogen) atoms. The van der Waals surface area contributed by atoms with Gasteiger partial charge in [0, 0.05) is 5.38 Å². The van der Waals surface area contributed by atoms with E-state index in [1.807, 2.05) is 36.6 Å². The molecule has 0 unspecified atom stereocenters. The number of thiazole rings is 1. The van der Waals surface area contributed by atoms with Crippen LogP contribution in [0.4, 0.5) is 5.69 Å². The van der Waals surface area contributed by atoms with Crippen molar-refractivity contribution < 1.29 is 0 Å². The fourth-order valence-electron chi connectivity index (χ4n) is 1.16. The summed E-state index contributed by atoms with van der Waals surface area (Å²) in [4.78, 5) is 4.26. The molecular weight excluding hydrogens is 242 g/mol. The lowest BCUT2D eigenvalue weighted by Crippen LogP contribution is -1.91. The summed E-state index contributed by atoms with van der Waals surface area (Å²) < 4.78 is 0. The van der Waals surface area contributed by atoms with Crippen molar-refractivity contribution in [2.45, 2.75) is 6.92 Å². The Hall–Kier alpha value is -1.39. The van der Waals surface area contributed by atoms with Crippen LogP contribution < -0.4 is 5.43 Å². The zero-order valence-electron chi connectivity index (χ0n) is 8.64. The number of nitrogens with zero attached hydrogens (tertiary/aromatic N) is 2. The van der Waals surface area contributed by atoms with Gasteiger partial charge in [-0.15, -0.1) is 11.3 Å². The normalized spacial score (nSPS) is 10.9. The van der Waals surface area contributed by atoms with Crippen molar-refractivity contribution in [3.05, 3.63) is 45.4 Å². The van der Waals surface area contributed by atoms with E-state index in [0.717, 1.165) is 16.4 Å². The number of rotatable bonds is 3. The molecule has 1 N–H and O–H groups in total. The molecule has 2 rings (SSSR count). The molecule has 5 heteroatoms. The topological polar surface area (TPSA) is 37.3 Å². The number of hydrazone groups is 1. The number of halogens is 1. The number of aromatic nitrogens is 1. The highest BCUT2D eigenvalue weighted by molar-refractivity contribution is 7.09. The Morgan fingerprint density at radius 2 is 2.25 bits per heavy atom. The van der Waals surface area contributed by atoms with Crippen molar-refractivity contribution in [3.63, 3.8) is 0 Å². The van der Waals surface area contributed by atoms with Crippen LogP contribution in [0.15, 0.2) is 34.7 Å². The summed E-state index contributed by atoms with van der Waals surface area (Å²) in [5.74, 6) is 0. The maximum atomic E-state index is 5.96. The van der Waals surface area contributed by atoms with Gasteiger partial charge in [0.1, 0.15) is 0 Å². The minimum atomic E-state index is 0.647. The first-order valence-corrected chi connectivity index (χ1v) is 5.97. The molecule has 0 spiro atoms. The second-order valence-electron chi connectivity index (χ2n) is 3.14. The van der Waals surface area contributed by atoms with E-state index in [-0.39, 0.29) is 0 Å². The second-order valence-corrected chi connectivity index (χ2v) is 4.61. The van der Waals surface area contributed by atoms with Crippen molar-refractivity contribution in [3.8, 4) is 0 Å². The number of benzene rings is 1. The van der Waals surface area contributed by atoms with Crippen molar-refractivity contribution in [2.24, 2.45) is 5.10 Å². The molecule has 0 saturated carbocycles. The van der Waals surface area contributed by atoms with Crippen molar-refractivity contribution in [1.82, 2.24) is 4.98 Å². The fourth-order valence-corrected chi connectivity index (χ4v) is 1.90. The molecule has 0 amide bonds. The summed E-state index contributed by atoms with van der Waals surface area (Å²) >= 11 is 7.56. The van der Waals surface area contributed by atoms with E-state index in [9.17, 15) is 0 Å². The summed E-state index contributed by atoms with van der Waals surface area (Å²) in [7, 11) is 0. The number of hydrogen-bond donors (Lipinski definition) is 1. The Bertz CT molecular complexity index is 507. The molecule has 0 aliphatic rings. The van der Waals surface area contributed by atoms with Gasteiger partial charge in [-0.05, 0) is 19.1 Å². The summed E-state index contributed by atoms with van der Waals surface area (Å²) in [6.07, 6.45) is 1.67. The predicted octanol–water partition coefficient (Wildman–Crippen LogP) is 3.55. The Balaban J connectivity index is 2.02. The Labute approximate surface area is 103 Å². The molecule has 82 valence electrons. The standard InChI is InChI=1S/C11H10ClN3S/c1-8-14-9(7-16-8)6-13-15-11-5-3-2-4-10(11)12/h2-7,15H,1H3/b13-6-. The van der Waals surface area contributed by atoms with E-state index in [1.165, 1.54) is 0 Å². The quantitative estimate of drug-likeness (QED) is 0.669. The van der Waals surface area contributed by atoms with Crippen LogP contribution in [0.25, 0.3) is 0 Å². The van der Waals surface area contributed by atoms with Gasteiger partial charge < -0.3 is 0 Å². The molecule has 1 aromatic carbocycles. The monoisotopic (exact) mass is 251 g/mol. The third kappa shape index (κ3) is 2.81. The van der Waals surface area contributed by atoms with Crippen molar-refractivity contribution in [1.29, 1.82) is 0 Å². The Morgan fingerprint density at radius 3 is 2.94 bits per heavy atom. The highest BCUT2D eigenvalue weighted by Gasteiger charge is 1.96. The second kappa shape index (κ2) is 5.09. The first-order valence-electron chi connectivity index (χ1n) is 4.71. The predicted molar refractivity (Wildman–Crippen MR) is 69.5 cm³/mol. The first-order chi connectivity index (χ1) is 7.75. The zero-order chi connectivity index (χ0) is 11.4. The number of hydrogen-bond acceptors (Lipinski definition) is 4. The molecular formula is C11H10ClN3S. The van der Waals surface area contributed by atoms with Gasteiger partial charge in [-0.3, -0.25) is 5.43 Å². The maximum absolute atomic E-state index is 5.96. The van der Waals surface area contributed by atoms with Gasteiger partial charge in [-0.1, -0.05) is 23.7 Å². The summed E-state index contributed by atoms with van der Waals surface area (Å²) in [6.45, 7) is 1.96. The minimum absolute atomic E-state index is 0.647. The van der Waals surface area contributed by atoms with Gasteiger partial charge in [0.05, 0.1) is 27.6 Å². The van der Waals surface area contributed by atoms with Crippen LogP contribution in [0.2, 0.25) is 5.02 Å². The minimum Gasteiger partial charge on any atom is -0.277 e. The summed E-state index contributed by atoms with van der Waals surface area (Å²) in [5, 5.41) is 7.70. The molecule has 0 aliphatic carbocycles. The van der Waals surface area contributed by atoms with Crippen LogP contribution >= 0.6 is 22.9 Å². The van der Waals surface area contributed by atoms with Gasteiger partial charge in [0.2, 0.25) is 0 Å². The highest BCUT2D eigenvalue weighted by atomic mass is 35.5. The van der Waals surface area contributed by atoms with E-state index in [0.29, 0.717) is 5.02 Å². The molecule has 0 fully saturated rings. The average molecular weight is 252 g/mol. The Morgan fingerprint density at radius 1 is 1.44 bits per heavy atom. The van der Waals surface area contributed by atoms with Crippen LogP contribution in [-0.2, 0) is 0 Å². The lowest BCUT2D eigenvalue weighted by atomic mass is 10.3. The van der Waals surface area contributed by atoms with Crippen LogP contribution in [0.5, 0.6) is 0 Å². The average Bonchev–Trinajstić information content (AvgIpc) is 2.67. The SMILES string of the molecule is Cc1nc(/C=N\Nc2ccccc2Cl)cs1. The molecule has 0 bridgehead atoms. The summed E-state index contributed by atoms with van der Waals surface area (Å²) in [6, 6.07) is 7.45. The lowest BCUT2D eigenvalue weighted by Gasteiger charge is -2.00. The molecule has 1 aromatic heterocycles. The maximum Gasteiger partial charge on any atom is 0.0942 e. The first kappa shape index (κ1) is 11.1. The van der Waals surface area contributed by atoms with Gasteiger partial charge >= 0.3 is 0 Å². The van der Waals surface area contributed by atoms with Gasteiger partial charge in [0.25, 0.3) is 0 Å². The molecule has 0 saturated heterocycles. The molecule has 3 nitrogen and oxygen atoms in total. The summed E-state index contributed by atoms with van der Waals surface area (Å²) in [5.41, 5.74) is 4.51. The van der Waals surface area contributed by atoms with E-state index >= 15 is 0 Å². The number of anilines is 1. The third-order valence-electron chi connectivity index (χ3n) is 1.89. The lowest BCUT2D eigenvalue weighted by molar-refractivity contribution is 1.27. The van der Waals surface area contributed by atoms with E-state index < -0.39 is 0 Å². The zero-order valence-corrected chi connectivity index (χ0v) is 10.2. The van der Waals surface area contributed by atoms with Crippen molar-refractivity contribution >= 4 is 34.8 Å². The van der Waals surface area contributed by atoms with Gasteiger partial charge in [-0.2, -0.15) is 5.10 Å². The molecule has 0 atom stereocenters. The molecule has 0 aliphatic heterocycles. The van der Waals surface area contributed by atoms with Crippen LogP contribution in [0, 0.1) is 6.92 Å². The van der Waals surface area contributed by atoms with E-state index in [2.05, 4.69) is 15.5 Å². The number of para-hydroxylation sites is 1.